The van der Waals surface area contributed by atoms with Crippen LogP contribution in [0.2, 0.25) is 10.0 Å². The molecule has 0 aromatic heterocycles. The molecule has 0 unspecified atom stereocenters. The zero-order valence-corrected chi connectivity index (χ0v) is 12.0. The third kappa shape index (κ3) is 3.69. The van der Waals surface area contributed by atoms with Gasteiger partial charge in [-0.2, -0.15) is 0 Å². The molecule has 19 heavy (non-hydrogen) atoms. The summed E-state index contributed by atoms with van der Waals surface area (Å²) in [5.74, 6) is -0.286. The van der Waals surface area contributed by atoms with Gasteiger partial charge in [0.1, 0.15) is 5.82 Å². The lowest BCUT2D eigenvalue weighted by atomic mass is 10.1. The van der Waals surface area contributed by atoms with E-state index in [0.29, 0.717) is 16.6 Å². The first-order chi connectivity index (χ1) is 9.08. The van der Waals surface area contributed by atoms with E-state index >= 15 is 0 Å². The summed E-state index contributed by atoms with van der Waals surface area (Å²) >= 11 is 12.2. The van der Waals surface area contributed by atoms with Crippen LogP contribution in [0.15, 0.2) is 42.5 Å². The lowest BCUT2D eigenvalue weighted by molar-refractivity contribution is 0.569. The number of halogens is 3. The minimum atomic E-state index is -0.286. The fourth-order valence-electron chi connectivity index (χ4n) is 1.88. The maximum absolute atomic E-state index is 13.2. The van der Waals surface area contributed by atoms with Crippen molar-refractivity contribution in [2.24, 2.45) is 0 Å². The highest BCUT2D eigenvalue weighted by Crippen LogP contribution is 2.23. The number of rotatable bonds is 4. The van der Waals surface area contributed by atoms with Gasteiger partial charge in [0.2, 0.25) is 0 Å². The molecule has 0 bridgehead atoms. The summed E-state index contributed by atoms with van der Waals surface area (Å²) in [7, 11) is 0. The smallest absolute Gasteiger partial charge is 0.123 e. The van der Waals surface area contributed by atoms with Crippen LogP contribution < -0.4 is 5.32 Å². The lowest BCUT2D eigenvalue weighted by Gasteiger charge is -2.16. The molecule has 1 N–H and O–H groups in total. The molecule has 0 saturated carbocycles. The molecule has 100 valence electrons. The minimum absolute atomic E-state index is 0.0630. The van der Waals surface area contributed by atoms with Crippen LogP contribution in [0.1, 0.15) is 24.1 Å². The Balaban J connectivity index is 2.06. The predicted molar refractivity (Wildman–Crippen MR) is 78.1 cm³/mol. The molecule has 1 atom stereocenters. The Morgan fingerprint density at radius 1 is 1.11 bits per heavy atom. The van der Waals surface area contributed by atoms with Crippen LogP contribution in [-0.2, 0) is 6.54 Å². The van der Waals surface area contributed by atoms with E-state index in [4.69, 9.17) is 23.2 Å². The van der Waals surface area contributed by atoms with Gasteiger partial charge in [0.05, 0.1) is 0 Å². The first-order valence-corrected chi connectivity index (χ1v) is 6.75. The van der Waals surface area contributed by atoms with Crippen LogP contribution >= 0.6 is 23.2 Å². The maximum Gasteiger partial charge on any atom is 0.123 e. The Bertz CT molecular complexity index is 572. The first-order valence-electron chi connectivity index (χ1n) is 5.99. The average Bonchev–Trinajstić information content (AvgIpc) is 2.40. The molecule has 0 saturated heterocycles. The first kappa shape index (κ1) is 14.3. The summed E-state index contributed by atoms with van der Waals surface area (Å²) in [6.45, 7) is 2.50. The molecule has 2 rings (SSSR count). The number of nitrogens with one attached hydrogen (secondary N) is 1. The number of hydrogen-bond acceptors (Lipinski definition) is 1. The molecular formula is C15H14Cl2FN. The van der Waals surface area contributed by atoms with Gasteiger partial charge < -0.3 is 5.32 Å². The van der Waals surface area contributed by atoms with Crippen molar-refractivity contribution in [2.75, 3.05) is 0 Å². The second-order valence-corrected chi connectivity index (χ2v) is 5.17. The van der Waals surface area contributed by atoms with Crippen molar-refractivity contribution < 1.29 is 4.39 Å². The van der Waals surface area contributed by atoms with Gasteiger partial charge in [-0.1, -0.05) is 41.4 Å². The lowest BCUT2D eigenvalue weighted by Crippen LogP contribution is -2.18. The Hall–Kier alpha value is -1.09. The van der Waals surface area contributed by atoms with Gasteiger partial charge in [0, 0.05) is 22.6 Å². The van der Waals surface area contributed by atoms with Gasteiger partial charge in [-0.25, -0.2) is 4.39 Å². The summed E-state index contributed by atoms with van der Waals surface area (Å²) < 4.78 is 13.2. The molecular weight excluding hydrogens is 284 g/mol. The van der Waals surface area contributed by atoms with Crippen molar-refractivity contribution in [3.63, 3.8) is 0 Å². The van der Waals surface area contributed by atoms with Crippen LogP contribution in [0.4, 0.5) is 4.39 Å². The van der Waals surface area contributed by atoms with Crippen molar-refractivity contribution in [3.8, 4) is 0 Å². The Labute approximate surface area is 122 Å². The van der Waals surface area contributed by atoms with Crippen LogP contribution in [0.3, 0.4) is 0 Å². The monoisotopic (exact) mass is 297 g/mol. The van der Waals surface area contributed by atoms with Gasteiger partial charge in [-0.15, -0.1) is 0 Å². The predicted octanol–water partition coefficient (Wildman–Crippen LogP) is 4.98. The summed E-state index contributed by atoms with van der Waals surface area (Å²) in [4.78, 5) is 0. The molecule has 0 aliphatic heterocycles. The molecule has 0 fully saturated rings. The van der Waals surface area contributed by atoms with Crippen LogP contribution in [0, 0.1) is 5.82 Å². The number of benzene rings is 2. The van der Waals surface area contributed by atoms with Gasteiger partial charge in [0.25, 0.3) is 0 Å². The second-order valence-electron chi connectivity index (χ2n) is 4.36. The third-order valence-corrected chi connectivity index (χ3v) is 3.69. The van der Waals surface area contributed by atoms with E-state index in [1.165, 1.54) is 12.1 Å². The molecule has 0 heterocycles. The molecule has 0 aliphatic rings. The second kappa shape index (κ2) is 6.38. The van der Waals surface area contributed by atoms with Crippen LogP contribution in [0.25, 0.3) is 0 Å². The summed E-state index contributed by atoms with van der Waals surface area (Å²) in [6, 6.07) is 12.1. The SMILES string of the molecule is C[C@@H](NCc1cc(F)ccc1Cl)c1ccccc1Cl. The highest BCUT2D eigenvalue weighted by atomic mass is 35.5. The van der Waals surface area contributed by atoms with E-state index in [-0.39, 0.29) is 11.9 Å². The van der Waals surface area contributed by atoms with Gasteiger partial charge in [-0.05, 0) is 42.3 Å². The van der Waals surface area contributed by atoms with Crippen molar-refractivity contribution in [3.05, 3.63) is 69.5 Å². The summed E-state index contributed by atoms with van der Waals surface area (Å²) in [5.41, 5.74) is 1.75. The largest absolute Gasteiger partial charge is 0.306 e. The van der Waals surface area contributed by atoms with Gasteiger partial charge in [-0.3, -0.25) is 0 Å². The molecule has 0 aliphatic carbocycles. The molecule has 1 nitrogen and oxygen atoms in total. The van der Waals surface area contributed by atoms with Crippen molar-refractivity contribution in [1.29, 1.82) is 0 Å². The highest BCUT2D eigenvalue weighted by molar-refractivity contribution is 6.31. The molecule has 4 heteroatoms. The van der Waals surface area contributed by atoms with E-state index in [9.17, 15) is 4.39 Å². The molecule has 2 aromatic rings. The Morgan fingerprint density at radius 3 is 2.58 bits per heavy atom. The van der Waals surface area contributed by atoms with E-state index in [1.807, 2.05) is 31.2 Å². The Kier molecular flexibility index (Phi) is 4.81. The minimum Gasteiger partial charge on any atom is -0.306 e. The van der Waals surface area contributed by atoms with Crippen molar-refractivity contribution >= 4 is 23.2 Å². The topological polar surface area (TPSA) is 12.0 Å². The molecule has 0 amide bonds. The molecule has 0 spiro atoms. The van der Waals surface area contributed by atoms with E-state index < -0.39 is 0 Å². The van der Waals surface area contributed by atoms with E-state index in [1.54, 1.807) is 6.07 Å². The van der Waals surface area contributed by atoms with Gasteiger partial charge >= 0.3 is 0 Å². The van der Waals surface area contributed by atoms with Gasteiger partial charge in [0.15, 0.2) is 0 Å². The normalized spacial score (nSPS) is 12.4. The van der Waals surface area contributed by atoms with E-state index in [0.717, 1.165) is 11.1 Å². The summed E-state index contributed by atoms with van der Waals surface area (Å²) in [6.07, 6.45) is 0. The zero-order chi connectivity index (χ0) is 13.8. The quantitative estimate of drug-likeness (QED) is 0.839. The molecule has 2 aromatic carbocycles. The Morgan fingerprint density at radius 2 is 1.84 bits per heavy atom. The molecule has 0 radical (unpaired) electrons. The van der Waals surface area contributed by atoms with E-state index in [2.05, 4.69) is 5.32 Å². The van der Waals surface area contributed by atoms with Crippen LogP contribution in [-0.4, -0.2) is 0 Å². The van der Waals surface area contributed by atoms with Crippen molar-refractivity contribution in [1.82, 2.24) is 5.32 Å². The van der Waals surface area contributed by atoms with Crippen molar-refractivity contribution in [2.45, 2.75) is 19.5 Å². The highest BCUT2D eigenvalue weighted by Gasteiger charge is 2.09. The van der Waals surface area contributed by atoms with Crippen LogP contribution in [0.5, 0.6) is 0 Å². The maximum atomic E-state index is 13.2. The fraction of sp³-hybridized carbons (Fsp3) is 0.200. The number of hydrogen-bond donors (Lipinski definition) is 1. The third-order valence-electron chi connectivity index (χ3n) is 2.98. The fourth-order valence-corrected chi connectivity index (χ4v) is 2.36. The summed E-state index contributed by atoms with van der Waals surface area (Å²) in [5, 5.41) is 4.56. The zero-order valence-electron chi connectivity index (χ0n) is 10.5. The average molecular weight is 298 g/mol. The standard InChI is InChI=1S/C15H14Cl2FN/c1-10(13-4-2-3-5-15(13)17)19-9-11-8-12(18)6-7-14(11)16/h2-8,10,19H,9H2,1H3/t10-/m1/s1.